The molecule has 0 aliphatic carbocycles. The number of fused-ring (bicyclic) bond motifs is 1. The molecule has 0 saturated carbocycles. The molecule has 3 aliphatic rings. The lowest BCUT2D eigenvalue weighted by molar-refractivity contribution is -0.169. The third-order valence-corrected chi connectivity index (χ3v) is 5.32. The predicted octanol–water partition coefficient (Wildman–Crippen LogP) is 1.91. The Labute approximate surface area is 146 Å². The molecule has 2 saturated heterocycles. The minimum Gasteiger partial charge on any atom is -0.347 e. The number of rotatable bonds is 2. The molecular weight excluding hydrogens is 318 g/mol. The second-order valence-corrected chi connectivity index (χ2v) is 6.74. The van der Waals surface area contributed by atoms with Crippen molar-refractivity contribution in [2.75, 3.05) is 42.6 Å². The average Bonchev–Trinajstić information content (AvgIpc) is 3.30. The first-order valence-electron chi connectivity index (χ1n) is 8.91. The highest BCUT2D eigenvalue weighted by Gasteiger charge is 2.40. The lowest BCUT2D eigenvalue weighted by Gasteiger charge is -2.37. The van der Waals surface area contributed by atoms with Gasteiger partial charge in [0.15, 0.2) is 11.6 Å². The van der Waals surface area contributed by atoms with Gasteiger partial charge in [-0.15, -0.1) is 5.10 Å². The smallest absolute Gasteiger partial charge is 0.247 e. The Bertz CT molecular complexity index is 768. The summed E-state index contributed by atoms with van der Waals surface area (Å²) in [5.74, 6) is 1.17. The monoisotopic (exact) mass is 339 g/mol. The van der Waals surface area contributed by atoms with E-state index in [9.17, 15) is 0 Å². The molecule has 1 aromatic carbocycles. The molecule has 7 heteroatoms. The highest BCUT2D eigenvalue weighted by Crippen LogP contribution is 2.35. The van der Waals surface area contributed by atoms with Crippen LogP contribution in [0, 0.1) is 0 Å². The molecule has 3 aliphatic heterocycles. The van der Waals surface area contributed by atoms with Gasteiger partial charge in [-0.2, -0.15) is 10.1 Å². The van der Waals surface area contributed by atoms with E-state index in [4.69, 9.17) is 14.5 Å². The summed E-state index contributed by atoms with van der Waals surface area (Å²) >= 11 is 0. The molecule has 7 nitrogen and oxygen atoms in total. The van der Waals surface area contributed by atoms with Gasteiger partial charge in [0.2, 0.25) is 5.95 Å². The second kappa shape index (κ2) is 5.93. The lowest BCUT2D eigenvalue weighted by Crippen LogP contribution is -2.45. The molecule has 0 atom stereocenters. The van der Waals surface area contributed by atoms with Gasteiger partial charge in [-0.3, -0.25) is 0 Å². The molecule has 0 radical (unpaired) electrons. The maximum atomic E-state index is 5.80. The van der Waals surface area contributed by atoms with Crippen molar-refractivity contribution in [3.05, 3.63) is 36.0 Å². The number of para-hydroxylation sites is 1. The van der Waals surface area contributed by atoms with Gasteiger partial charge < -0.3 is 19.3 Å². The fourth-order valence-electron chi connectivity index (χ4n) is 3.96. The summed E-state index contributed by atoms with van der Waals surface area (Å²) in [7, 11) is 0. The number of nitrogens with zero attached hydrogens (tertiary/aromatic N) is 5. The molecule has 1 spiro atoms. The first kappa shape index (κ1) is 15.0. The summed E-state index contributed by atoms with van der Waals surface area (Å²) in [4.78, 5) is 9.19. The van der Waals surface area contributed by atoms with Gasteiger partial charge >= 0.3 is 0 Å². The molecule has 4 heterocycles. The van der Waals surface area contributed by atoms with E-state index in [0.29, 0.717) is 19.2 Å². The van der Waals surface area contributed by atoms with Crippen molar-refractivity contribution in [2.45, 2.75) is 25.0 Å². The fraction of sp³-hybridized carbons (Fsp3) is 0.500. The van der Waals surface area contributed by atoms with Crippen LogP contribution in [-0.2, 0) is 15.9 Å². The summed E-state index contributed by atoms with van der Waals surface area (Å²) in [5, 5.41) is 8.47. The van der Waals surface area contributed by atoms with Crippen molar-refractivity contribution in [3.8, 4) is 0 Å². The Hall–Kier alpha value is -2.25. The number of piperidine rings is 1. The van der Waals surface area contributed by atoms with E-state index in [1.807, 2.05) is 0 Å². The molecule has 2 fully saturated rings. The van der Waals surface area contributed by atoms with Crippen molar-refractivity contribution >= 4 is 17.5 Å². The van der Waals surface area contributed by atoms with Crippen molar-refractivity contribution in [2.24, 2.45) is 0 Å². The van der Waals surface area contributed by atoms with Gasteiger partial charge in [-0.1, -0.05) is 18.2 Å². The van der Waals surface area contributed by atoms with Crippen LogP contribution in [0.25, 0.3) is 0 Å². The number of anilines is 3. The molecular formula is C18H21N5O2. The van der Waals surface area contributed by atoms with Crippen LogP contribution in [-0.4, -0.2) is 53.8 Å². The Morgan fingerprint density at radius 3 is 2.64 bits per heavy atom. The van der Waals surface area contributed by atoms with E-state index in [1.54, 1.807) is 6.20 Å². The lowest BCUT2D eigenvalue weighted by atomic mass is 10.0. The van der Waals surface area contributed by atoms with E-state index in [0.717, 1.165) is 44.7 Å². The zero-order valence-corrected chi connectivity index (χ0v) is 14.1. The Morgan fingerprint density at radius 1 is 1.00 bits per heavy atom. The van der Waals surface area contributed by atoms with Gasteiger partial charge in [0, 0.05) is 38.2 Å². The summed E-state index contributed by atoms with van der Waals surface area (Å²) in [6.07, 6.45) is 4.47. The topological polar surface area (TPSA) is 63.6 Å². The third kappa shape index (κ3) is 2.63. The zero-order valence-electron chi connectivity index (χ0n) is 14.1. The number of hydrogen-bond acceptors (Lipinski definition) is 7. The minimum atomic E-state index is -0.380. The van der Waals surface area contributed by atoms with E-state index in [1.165, 1.54) is 11.3 Å². The van der Waals surface area contributed by atoms with Crippen LogP contribution < -0.4 is 9.80 Å². The summed E-state index contributed by atoms with van der Waals surface area (Å²) < 4.78 is 11.6. The molecule has 0 amide bonds. The molecule has 5 rings (SSSR count). The van der Waals surface area contributed by atoms with Crippen LogP contribution in [0.5, 0.6) is 0 Å². The van der Waals surface area contributed by atoms with Crippen LogP contribution in [0.15, 0.2) is 30.5 Å². The van der Waals surface area contributed by atoms with Crippen LogP contribution >= 0.6 is 0 Å². The fourth-order valence-corrected chi connectivity index (χ4v) is 3.96. The first-order valence-corrected chi connectivity index (χ1v) is 8.91. The molecule has 0 unspecified atom stereocenters. The van der Waals surface area contributed by atoms with Crippen molar-refractivity contribution in [1.29, 1.82) is 0 Å². The maximum absolute atomic E-state index is 5.80. The average molecular weight is 339 g/mol. The summed E-state index contributed by atoms with van der Waals surface area (Å²) in [5.41, 5.74) is 2.58. The molecule has 0 N–H and O–H groups in total. The van der Waals surface area contributed by atoms with Gasteiger partial charge in [0.25, 0.3) is 0 Å². The Balaban J connectivity index is 1.36. The SMILES string of the molecule is c1ccc2c(c1)CCN2c1cnnc(N2CCC3(CC2)OCCO3)n1. The van der Waals surface area contributed by atoms with Gasteiger partial charge in [0.1, 0.15) is 0 Å². The van der Waals surface area contributed by atoms with Crippen LogP contribution in [0.4, 0.5) is 17.5 Å². The number of hydrogen-bond donors (Lipinski definition) is 0. The van der Waals surface area contributed by atoms with Crippen molar-refractivity contribution in [3.63, 3.8) is 0 Å². The van der Waals surface area contributed by atoms with Crippen LogP contribution in [0.1, 0.15) is 18.4 Å². The molecule has 130 valence electrons. The third-order valence-electron chi connectivity index (χ3n) is 5.32. The largest absolute Gasteiger partial charge is 0.347 e. The molecule has 2 aromatic rings. The van der Waals surface area contributed by atoms with Gasteiger partial charge in [0.05, 0.1) is 19.4 Å². The Kier molecular flexibility index (Phi) is 3.57. The molecule has 0 bridgehead atoms. The van der Waals surface area contributed by atoms with Gasteiger partial charge in [-0.25, -0.2) is 0 Å². The van der Waals surface area contributed by atoms with Crippen molar-refractivity contribution < 1.29 is 9.47 Å². The zero-order chi connectivity index (χ0) is 16.7. The van der Waals surface area contributed by atoms with E-state index >= 15 is 0 Å². The standard InChI is InChI=1S/C18H21N5O2/c1-2-4-15-14(3-1)5-8-23(15)16-13-19-21-17(20-16)22-9-6-18(7-10-22)24-11-12-25-18/h1-4,13H,5-12H2. The summed E-state index contributed by atoms with van der Waals surface area (Å²) in [6.45, 7) is 3.97. The number of benzene rings is 1. The highest BCUT2D eigenvalue weighted by atomic mass is 16.7. The molecule has 25 heavy (non-hydrogen) atoms. The molecule has 1 aromatic heterocycles. The number of ether oxygens (including phenoxy) is 2. The second-order valence-electron chi connectivity index (χ2n) is 6.74. The number of aromatic nitrogens is 3. The predicted molar refractivity (Wildman–Crippen MR) is 93.1 cm³/mol. The van der Waals surface area contributed by atoms with Crippen LogP contribution in [0.2, 0.25) is 0 Å². The van der Waals surface area contributed by atoms with Crippen molar-refractivity contribution in [1.82, 2.24) is 15.2 Å². The van der Waals surface area contributed by atoms with E-state index in [-0.39, 0.29) is 5.79 Å². The maximum Gasteiger partial charge on any atom is 0.247 e. The minimum absolute atomic E-state index is 0.380. The normalized spacial score (nSPS) is 21.8. The highest BCUT2D eigenvalue weighted by molar-refractivity contribution is 5.67. The van der Waals surface area contributed by atoms with E-state index < -0.39 is 0 Å². The first-order chi connectivity index (χ1) is 12.3. The Morgan fingerprint density at radius 2 is 1.80 bits per heavy atom. The van der Waals surface area contributed by atoms with Gasteiger partial charge in [-0.05, 0) is 18.1 Å². The van der Waals surface area contributed by atoms with E-state index in [2.05, 4.69) is 44.3 Å². The quantitative estimate of drug-likeness (QED) is 0.828. The summed E-state index contributed by atoms with van der Waals surface area (Å²) in [6, 6.07) is 8.47. The van der Waals surface area contributed by atoms with Crippen LogP contribution in [0.3, 0.4) is 0 Å².